The topological polar surface area (TPSA) is 112 Å². The number of aromatic amines is 1. The van der Waals surface area contributed by atoms with Crippen molar-refractivity contribution in [3.63, 3.8) is 0 Å². The number of carbonyl (C=O) groups excluding carboxylic acids is 4. The fourth-order valence-electron chi connectivity index (χ4n) is 4.80. The molecule has 1 aliphatic heterocycles. The van der Waals surface area contributed by atoms with E-state index in [9.17, 15) is 19.2 Å². The molecule has 0 spiro atoms. The first-order valence-corrected chi connectivity index (χ1v) is 11.9. The molecule has 1 aromatic heterocycles. The predicted molar refractivity (Wildman–Crippen MR) is 130 cm³/mol. The zero-order valence-electron chi connectivity index (χ0n) is 19.3. The van der Waals surface area contributed by atoms with Crippen molar-refractivity contribution in [3.05, 3.63) is 71.4 Å². The maximum Gasteiger partial charge on any atom is 0.255 e. The number of nitrogens with one attached hydrogen (secondary N) is 2. The van der Waals surface area contributed by atoms with E-state index in [4.69, 9.17) is 0 Å². The summed E-state index contributed by atoms with van der Waals surface area (Å²) in [5.41, 5.74) is 4.18. The smallest absolute Gasteiger partial charge is 0.255 e. The fourth-order valence-corrected chi connectivity index (χ4v) is 4.80. The summed E-state index contributed by atoms with van der Waals surface area (Å²) in [6, 6.07) is 13.6. The van der Waals surface area contributed by atoms with E-state index in [1.807, 2.05) is 18.2 Å². The largest absolute Gasteiger partial charge is 0.324 e. The monoisotopic (exact) mass is 470 g/mol. The van der Waals surface area contributed by atoms with Crippen LogP contribution in [0.5, 0.6) is 0 Å². The van der Waals surface area contributed by atoms with Gasteiger partial charge < -0.3 is 10.2 Å². The van der Waals surface area contributed by atoms with Gasteiger partial charge in [0.25, 0.3) is 11.8 Å². The van der Waals surface area contributed by atoms with Gasteiger partial charge in [0.1, 0.15) is 5.78 Å². The van der Waals surface area contributed by atoms with Crippen molar-refractivity contribution in [1.29, 1.82) is 0 Å². The molecule has 5 rings (SSSR count). The molecular weight excluding hydrogens is 444 g/mol. The zero-order chi connectivity index (χ0) is 24.4. The van der Waals surface area contributed by atoms with Crippen molar-refractivity contribution >= 4 is 29.1 Å². The molecule has 1 fully saturated rings. The maximum atomic E-state index is 13.1. The predicted octanol–water partition coefficient (Wildman–Crippen LogP) is 4.15. The minimum atomic E-state index is -0.580. The molecule has 1 aliphatic carbocycles. The molecule has 178 valence electrons. The summed E-state index contributed by atoms with van der Waals surface area (Å²) in [5, 5.41) is 9.72. The molecule has 8 heteroatoms. The van der Waals surface area contributed by atoms with Gasteiger partial charge in [-0.25, -0.2) is 0 Å². The molecule has 0 saturated heterocycles. The molecule has 2 aliphatic rings. The Morgan fingerprint density at radius 3 is 2.54 bits per heavy atom. The minimum absolute atomic E-state index is 0.0213. The number of H-pyrrole nitrogens is 1. The quantitative estimate of drug-likeness (QED) is 0.595. The van der Waals surface area contributed by atoms with Crippen molar-refractivity contribution in [2.24, 2.45) is 0 Å². The number of anilines is 1. The van der Waals surface area contributed by atoms with Crippen molar-refractivity contribution in [2.75, 3.05) is 5.32 Å². The first kappa shape index (κ1) is 22.7. The van der Waals surface area contributed by atoms with Crippen LogP contribution in [0.25, 0.3) is 11.3 Å². The van der Waals surface area contributed by atoms with Crippen LogP contribution in [0.15, 0.2) is 54.7 Å². The van der Waals surface area contributed by atoms with Gasteiger partial charge in [0.2, 0.25) is 0 Å². The van der Waals surface area contributed by atoms with E-state index < -0.39 is 6.04 Å². The SMILES string of the molecule is O=C1CCCCC(=O)C(N2Cc3cc(NC(=O)c4ccc(-c5ccn[nH]5)cc4)ccc3C2=O)CC1. The van der Waals surface area contributed by atoms with Crippen LogP contribution in [0.1, 0.15) is 64.8 Å². The molecule has 1 unspecified atom stereocenters. The summed E-state index contributed by atoms with van der Waals surface area (Å²) in [6.07, 6.45) is 4.65. The van der Waals surface area contributed by atoms with Crippen LogP contribution in [0.3, 0.4) is 0 Å². The zero-order valence-corrected chi connectivity index (χ0v) is 19.3. The lowest BCUT2D eigenvalue weighted by atomic mass is 10.0. The van der Waals surface area contributed by atoms with Crippen LogP contribution in [0, 0.1) is 0 Å². The summed E-state index contributed by atoms with van der Waals surface area (Å²) >= 11 is 0. The Morgan fingerprint density at radius 2 is 1.77 bits per heavy atom. The van der Waals surface area contributed by atoms with E-state index in [1.165, 1.54) is 0 Å². The average Bonchev–Trinajstić information content (AvgIpc) is 3.51. The minimum Gasteiger partial charge on any atom is -0.324 e. The molecule has 2 N–H and O–H groups in total. The Bertz CT molecular complexity index is 1280. The Balaban J connectivity index is 1.29. The first-order valence-electron chi connectivity index (χ1n) is 11.9. The van der Waals surface area contributed by atoms with Crippen LogP contribution in [-0.4, -0.2) is 44.5 Å². The van der Waals surface area contributed by atoms with Crippen LogP contribution in [-0.2, 0) is 16.1 Å². The number of nitrogens with zero attached hydrogens (tertiary/aromatic N) is 2. The number of carbonyl (C=O) groups is 4. The molecular formula is C27H26N4O4. The molecule has 3 aromatic rings. The Hall–Kier alpha value is -4.07. The number of Topliss-reactive ketones (excluding diaryl/α,β-unsaturated/α-hetero) is 2. The second-order valence-electron chi connectivity index (χ2n) is 9.07. The van der Waals surface area contributed by atoms with Gasteiger partial charge in [-0.2, -0.15) is 5.10 Å². The summed E-state index contributed by atoms with van der Waals surface area (Å²) in [4.78, 5) is 52.3. The summed E-state index contributed by atoms with van der Waals surface area (Å²) in [7, 11) is 0. The Labute approximate surface area is 202 Å². The third-order valence-electron chi connectivity index (χ3n) is 6.73. The summed E-state index contributed by atoms with van der Waals surface area (Å²) in [5.74, 6) is -0.283. The van der Waals surface area contributed by atoms with E-state index in [2.05, 4.69) is 15.5 Å². The highest BCUT2D eigenvalue weighted by Crippen LogP contribution is 2.30. The van der Waals surface area contributed by atoms with Crippen molar-refractivity contribution in [3.8, 4) is 11.3 Å². The normalized spacial score (nSPS) is 18.6. The average molecular weight is 471 g/mol. The second-order valence-corrected chi connectivity index (χ2v) is 9.07. The van der Waals surface area contributed by atoms with E-state index in [-0.39, 0.29) is 23.4 Å². The number of hydrogen-bond donors (Lipinski definition) is 2. The van der Waals surface area contributed by atoms with Gasteiger partial charge >= 0.3 is 0 Å². The van der Waals surface area contributed by atoms with Gasteiger partial charge in [0.05, 0.1) is 11.7 Å². The Kier molecular flexibility index (Phi) is 6.27. The van der Waals surface area contributed by atoms with Crippen molar-refractivity contribution in [1.82, 2.24) is 15.1 Å². The summed E-state index contributed by atoms with van der Waals surface area (Å²) < 4.78 is 0. The van der Waals surface area contributed by atoms with Crippen LogP contribution in [0.4, 0.5) is 5.69 Å². The van der Waals surface area contributed by atoms with Gasteiger partial charge in [-0.15, -0.1) is 0 Å². The number of hydrogen-bond acceptors (Lipinski definition) is 5. The number of aromatic nitrogens is 2. The van der Waals surface area contributed by atoms with Crippen LogP contribution < -0.4 is 5.32 Å². The molecule has 0 radical (unpaired) electrons. The number of amides is 2. The lowest BCUT2D eigenvalue weighted by Crippen LogP contribution is -2.41. The maximum absolute atomic E-state index is 13.1. The number of benzene rings is 2. The fraction of sp³-hybridized carbons (Fsp3) is 0.296. The van der Waals surface area contributed by atoms with Crippen LogP contribution in [0.2, 0.25) is 0 Å². The molecule has 35 heavy (non-hydrogen) atoms. The highest BCUT2D eigenvalue weighted by atomic mass is 16.2. The van der Waals surface area contributed by atoms with Crippen molar-refractivity contribution < 1.29 is 19.2 Å². The molecule has 2 amide bonds. The number of fused-ring (bicyclic) bond motifs is 1. The highest BCUT2D eigenvalue weighted by Gasteiger charge is 2.36. The van der Waals surface area contributed by atoms with Gasteiger partial charge in [-0.05, 0) is 66.8 Å². The molecule has 1 saturated carbocycles. The third-order valence-corrected chi connectivity index (χ3v) is 6.73. The first-order chi connectivity index (χ1) is 17.0. The van der Waals surface area contributed by atoms with Crippen LogP contribution >= 0.6 is 0 Å². The lowest BCUT2D eigenvalue weighted by molar-refractivity contribution is -0.124. The van der Waals surface area contributed by atoms with E-state index in [1.54, 1.807) is 41.4 Å². The second kappa shape index (κ2) is 9.66. The van der Waals surface area contributed by atoms with Crippen molar-refractivity contribution in [2.45, 2.75) is 51.1 Å². The van der Waals surface area contributed by atoms with E-state index in [0.29, 0.717) is 55.5 Å². The van der Waals surface area contributed by atoms with Gasteiger partial charge in [-0.3, -0.25) is 24.3 Å². The summed E-state index contributed by atoms with van der Waals surface area (Å²) in [6.45, 7) is 0.293. The molecule has 2 aromatic carbocycles. The molecule has 2 heterocycles. The van der Waals surface area contributed by atoms with Gasteiger partial charge in [0, 0.05) is 48.8 Å². The van der Waals surface area contributed by atoms with E-state index >= 15 is 0 Å². The molecule has 1 atom stereocenters. The number of ketones is 2. The molecule has 8 nitrogen and oxygen atoms in total. The van der Waals surface area contributed by atoms with E-state index in [0.717, 1.165) is 23.2 Å². The van der Waals surface area contributed by atoms with Gasteiger partial charge in [-0.1, -0.05) is 12.1 Å². The Morgan fingerprint density at radius 1 is 0.971 bits per heavy atom. The standard InChI is InChI=1S/C27H26N4O4/c32-21-3-1-2-4-25(33)24(12-10-21)31-16-19-15-20(9-11-22(19)27(31)35)29-26(34)18-7-5-17(6-8-18)23-13-14-28-30-23/h5-9,11,13-15,24H,1-4,10,12,16H2,(H,28,30)(H,29,34). The van der Waals surface area contributed by atoms with Gasteiger partial charge in [0.15, 0.2) is 5.78 Å². The molecule has 0 bridgehead atoms. The highest BCUT2D eigenvalue weighted by molar-refractivity contribution is 6.06. The number of rotatable bonds is 4. The third kappa shape index (κ3) is 4.77. The lowest BCUT2D eigenvalue weighted by Gasteiger charge is -2.26.